The first-order valence-corrected chi connectivity index (χ1v) is 8.68. The number of nitrogens with one attached hydrogen (secondary N) is 2. The Morgan fingerprint density at radius 1 is 1.08 bits per heavy atom. The Balaban J connectivity index is 0.000000354. The summed E-state index contributed by atoms with van der Waals surface area (Å²) in [5.41, 5.74) is 14.5. The summed E-state index contributed by atoms with van der Waals surface area (Å²) < 4.78 is 0. The van der Waals surface area contributed by atoms with Gasteiger partial charge in [-0.25, -0.2) is 0 Å². The van der Waals surface area contributed by atoms with Crippen molar-refractivity contribution in [1.82, 2.24) is 0 Å². The minimum atomic E-state index is -0.472. The van der Waals surface area contributed by atoms with Crippen molar-refractivity contribution in [2.45, 2.75) is 0 Å². The van der Waals surface area contributed by atoms with Crippen LogP contribution in [-0.2, 0) is 16.5 Å². The van der Waals surface area contributed by atoms with Gasteiger partial charge in [-0.15, -0.1) is 0 Å². The third-order valence-corrected chi connectivity index (χ3v) is 1.22. The molecule has 0 unspecified atom stereocenters. The molecule has 0 radical (unpaired) electrons. The van der Waals surface area contributed by atoms with Gasteiger partial charge in [-0.3, -0.25) is 0 Å². The van der Waals surface area contributed by atoms with E-state index in [0.717, 1.165) is 0 Å². The first-order valence-electron chi connectivity index (χ1n) is 2.67. The zero-order valence-electron chi connectivity index (χ0n) is 5.68. The minimum absolute atomic E-state index is 0.169. The quantitative estimate of drug-likeness (QED) is 0.577. The van der Waals surface area contributed by atoms with E-state index in [2.05, 4.69) is 0 Å². The second kappa shape index (κ2) is 6.85. The molecule has 0 aliphatic rings. The molecule has 0 spiro atoms. The Bertz CT molecular complexity index is 244. The fraction of sp³-hybridized carbons (Fsp3) is 0. The fourth-order valence-corrected chi connectivity index (χ4v) is 0.689. The molecule has 0 fully saturated rings. The van der Waals surface area contributed by atoms with Gasteiger partial charge in [0.2, 0.25) is 0 Å². The number of rotatable bonds is 0. The van der Waals surface area contributed by atoms with Gasteiger partial charge < -0.3 is 11.5 Å². The molecule has 1 rings (SSSR count). The maximum absolute atomic E-state index is 7.09. The first-order chi connectivity index (χ1) is 5.61. The van der Waals surface area contributed by atoms with Gasteiger partial charge >= 0.3 is 35.3 Å². The summed E-state index contributed by atoms with van der Waals surface area (Å²) in [6, 6.07) is 4.55. The van der Waals surface area contributed by atoms with Crippen molar-refractivity contribution in [3.8, 4) is 0 Å². The molecule has 1 aromatic carbocycles. The Morgan fingerprint density at radius 3 is 1.92 bits per heavy atom. The van der Waals surface area contributed by atoms with Crippen LogP contribution in [0.25, 0.3) is 11.5 Å². The second-order valence-corrected chi connectivity index (χ2v) is 5.45. The van der Waals surface area contributed by atoms with Crippen LogP contribution >= 0.6 is 30.4 Å². The third kappa shape index (κ3) is 5.10. The standard InChI is InChI=1S/C6H5ClN2.2ClH.Pt/c7-4-1-2-5(8)6(9)3-4;;;/h1-3,8-9H;2*1H;/q-2;;;+4/p-2. The van der Waals surface area contributed by atoms with Crippen LogP contribution in [-0.4, -0.2) is 0 Å². The van der Waals surface area contributed by atoms with Crippen molar-refractivity contribution in [2.75, 3.05) is 0 Å². The second-order valence-electron chi connectivity index (χ2n) is 1.74. The van der Waals surface area contributed by atoms with Gasteiger partial charge in [-0.1, -0.05) is 23.7 Å². The predicted octanol–water partition coefficient (Wildman–Crippen LogP) is 5.08. The molecule has 2 N–H and O–H groups in total. The van der Waals surface area contributed by atoms with E-state index in [-0.39, 0.29) is 11.4 Å². The maximum Gasteiger partial charge on any atom is 0.0392 e. The molecule has 70 valence electrons. The van der Waals surface area contributed by atoms with E-state index < -0.39 is 16.5 Å². The minimum Gasteiger partial charge on any atom is -0.700 e. The maximum atomic E-state index is 7.09. The number of hydrogen-bond acceptors (Lipinski definition) is 0. The van der Waals surface area contributed by atoms with Crippen LogP contribution in [0.4, 0.5) is 11.4 Å². The van der Waals surface area contributed by atoms with Gasteiger partial charge in [0.15, 0.2) is 0 Å². The van der Waals surface area contributed by atoms with Crippen molar-refractivity contribution >= 4 is 41.8 Å². The summed E-state index contributed by atoms with van der Waals surface area (Å²) in [5.74, 6) is 0. The van der Waals surface area contributed by atoms with Gasteiger partial charge in [0.25, 0.3) is 0 Å². The molecule has 0 heterocycles. The molecular weight excluding hydrogens is 402 g/mol. The van der Waals surface area contributed by atoms with Gasteiger partial charge in [-0.2, -0.15) is 11.4 Å². The van der Waals surface area contributed by atoms with Gasteiger partial charge in [0.1, 0.15) is 0 Å². The predicted molar refractivity (Wildman–Crippen MR) is 51.1 cm³/mol. The van der Waals surface area contributed by atoms with Crippen LogP contribution in [0, 0.1) is 0 Å². The largest absolute Gasteiger partial charge is 0.700 e. The summed E-state index contributed by atoms with van der Waals surface area (Å²) in [6.45, 7) is 0. The SMILES string of the molecule is [Cl][Pt+2][Cl].[NH-]c1ccc(Cl)cc1[NH-]. The Hall–Kier alpha value is 0.378. The average molecular weight is 407 g/mol. The van der Waals surface area contributed by atoms with E-state index in [1.807, 2.05) is 0 Å². The van der Waals surface area contributed by atoms with Crippen molar-refractivity contribution in [3.05, 3.63) is 34.7 Å². The number of hydrogen-bond donors (Lipinski definition) is 0. The summed E-state index contributed by atoms with van der Waals surface area (Å²) in [5, 5.41) is 0.510. The molecule has 0 amide bonds. The molecule has 0 atom stereocenters. The van der Waals surface area contributed by atoms with Crippen molar-refractivity contribution < 1.29 is 16.5 Å². The van der Waals surface area contributed by atoms with E-state index in [1.165, 1.54) is 12.1 Å². The van der Waals surface area contributed by atoms with Crippen molar-refractivity contribution in [2.24, 2.45) is 0 Å². The van der Waals surface area contributed by atoms with Gasteiger partial charge in [0, 0.05) is 5.02 Å². The van der Waals surface area contributed by atoms with E-state index in [1.54, 1.807) is 6.07 Å². The molecule has 0 saturated heterocycles. The first kappa shape index (κ1) is 12.4. The summed E-state index contributed by atoms with van der Waals surface area (Å²) in [6.07, 6.45) is 0. The Kier molecular flexibility index (Phi) is 7.06. The number of halogens is 3. The van der Waals surface area contributed by atoms with Gasteiger partial charge in [-0.05, 0) is 6.07 Å². The smallest absolute Gasteiger partial charge is 0.0392 e. The van der Waals surface area contributed by atoms with E-state index in [4.69, 9.17) is 41.9 Å². The van der Waals surface area contributed by atoms with Crippen LogP contribution in [0.15, 0.2) is 18.2 Å². The summed E-state index contributed by atoms with van der Waals surface area (Å²) >= 11 is 5.04. The molecule has 6 heteroatoms. The molecule has 0 aliphatic heterocycles. The molecule has 1 aromatic rings. The van der Waals surface area contributed by atoms with Crippen molar-refractivity contribution in [1.29, 1.82) is 0 Å². The van der Waals surface area contributed by atoms with E-state index in [9.17, 15) is 0 Å². The van der Waals surface area contributed by atoms with Crippen LogP contribution in [0.2, 0.25) is 5.02 Å². The third-order valence-electron chi connectivity index (χ3n) is 0.982. The van der Waals surface area contributed by atoms with E-state index >= 15 is 0 Å². The monoisotopic (exact) mass is 405 g/mol. The molecular formula is C6H5Cl3N2Pt. The molecule has 2 nitrogen and oxygen atoms in total. The van der Waals surface area contributed by atoms with Crippen LogP contribution < -0.4 is 0 Å². The van der Waals surface area contributed by atoms with Gasteiger partial charge in [0.05, 0.1) is 0 Å². The summed E-state index contributed by atoms with van der Waals surface area (Å²) in [4.78, 5) is 0. The van der Waals surface area contributed by atoms with Crippen molar-refractivity contribution in [3.63, 3.8) is 0 Å². The van der Waals surface area contributed by atoms with Crippen LogP contribution in [0.1, 0.15) is 0 Å². The number of benzene rings is 1. The van der Waals surface area contributed by atoms with E-state index in [0.29, 0.717) is 5.02 Å². The zero-order valence-corrected chi connectivity index (χ0v) is 10.2. The molecule has 0 aromatic heterocycles. The molecule has 0 bridgehead atoms. The zero-order chi connectivity index (χ0) is 9.56. The molecule has 0 saturated carbocycles. The fourth-order valence-electron chi connectivity index (χ4n) is 0.516. The topological polar surface area (TPSA) is 47.6 Å². The van der Waals surface area contributed by atoms with Crippen LogP contribution in [0.5, 0.6) is 0 Å². The van der Waals surface area contributed by atoms with Crippen LogP contribution in [0.3, 0.4) is 0 Å². The molecule has 0 aliphatic carbocycles. The Labute approximate surface area is 92.5 Å². The normalized spacial score (nSPS) is 8.92. The summed E-state index contributed by atoms with van der Waals surface area (Å²) in [7, 11) is 9.75. The average Bonchev–Trinajstić information content (AvgIpc) is 1.99. The molecule has 12 heavy (non-hydrogen) atoms. The Morgan fingerprint density at radius 2 is 1.58 bits per heavy atom.